The molecule has 3 rings (SSSR count). The van der Waals surface area contributed by atoms with E-state index < -0.39 is 0 Å². The van der Waals surface area contributed by atoms with E-state index in [0.29, 0.717) is 17.5 Å². The van der Waals surface area contributed by atoms with Crippen molar-refractivity contribution in [1.29, 1.82) is 0 Å². The number of benzene rings is 1. The van der Waals surface area contributed by atoms with Gasteiger partial charge in [-0.25, -0.2) is 0 Å². The third-order valence-electron chi connectivity index (χ3n) is 2.78. The molecule has 5 heteroatoms. The van der Waals surface area contributed by atoms with Crippen molar-refractivity contribution in [2.75, 3.05) is 0 Å². The van der Waals surface area contributed by atoms with Crippen LogP contribution < -0.4 is 0 Å². The Labute approximate surface area is 121 Å². The Morgan fingerprint density at radius 1 is 1.10 bits per heavy atom. The van der Waals surface area contributed by atoms with Gasteiger partial charge in [-0.15, -0.1) is 22.0 Å². The standard InChI is InChI=1S/C15H14N2O2S/c1-11-4-2-5-12(8-11)15-17-16-14(19-15)10-20-9-13-6-3-7-18-13/h2-8H,9-10H2,1H3. The summed E-state index contributed by atoms with van der Waals surface area (Å²) in [6.07, 6.45) is 1.68. The van der Waals surface area contributed by atoms with Crippen LogP contribution in [0, 0.1) is 6.92 Å². The number of hydrogen-bond donors (Lipinski definition) is 0. The van der Waals surface area contributed by atoms with Crippen LogP contribution in [0.5, 0.6) is 0 Å². The van der Waals surface area contributed by atoms with Crippen molar-refractivity contribution in [2.24, 2.45) is 0 Å². The van der Waals surface area contributed by atoms with E-state index in [9.17, 15) is 0 Å². The SMILES string of the molecule is Cc1cccc(-c2nnc(CSCc3ccco3)o2)c1. The first-order valence-corrected chi connectivity index (χ1v) is 7.46. The Bertz CT molecular complexity index is 677. The second kappa shape index (κ2) is 5.96. The van der Waals surface area contributed by atoms with E-state index in [1.165, 1.54) is 5.56 Å². The third kappa shape index (κ3) is 3.11. The number of nitrogens with zero attached hydrogens (tertiary/aromatic N) is 2. The van der Waals surface area contributed by atoms with Crippen molar-refractivity contribution in [3.63, 3.8) is 0 Å². The first kappa shape index (κ1) is 13.0. The monoisotopic (exact) mass is 286 g/mol. The quantitative estimate of drug-likeness (QED) is 0.707. The van der Waals surface area contributed by atoms with Crippen LogP contribution in [0.15, 0.2) is 51.5 Å². The van der Waals surface area contributed by atoms with E-state index in [4.69, 9.17) is 8.83 Å². The fourth-order valence-corrected chi connectivity index (χ4v) is 2.60. The normalized spacial score (nSPS) is 10.8. The van der Waals surface area contributed by atoms with E-state index in [1.54, 1.807) is 18.0 Å². The Balaban J connectivity index is 1.62. The third-order valence-corrected chi connectivity index (χ3v) is 3.72. The zero-order valence-corrected chi connectivity index (χ0v) is 11.9. The minimum absolute atomic E-state index is 0.572. The lowest BCUT2D eigenvalue weighted by Crippen LogP contribution is -1.81. The summed E-state index contributed by atoms with van der Waals surface area (Å²) in [6, 6.07) is 11.9. The van der Waals surface area contributed by atoms with Crippen molar-refractivity contribution in [3.8, 4) is 11.5 Å². The molecule has 0 aliphatic heterocycles. The summed E-state index contributed by atoms with van der Waals surface area (Å²) in [6.45, 7) is 2.04. The van der Waals surface area contributed by atoms with Crippen LogP contribution in [-0.4, -0.2) is 10.2 Å². The van der Waals surface area contributed by atoms with Crippen molar-refractivity contribution in [2.45, 2.75) is 18.4 Å². The molecule has 4 nitrogen and oxygen atoms in total. The van der Waals surface area contributed by atoms with E-state index in [2.05, 4.69) is 10.2 Å². The lowest BCUT2D eigenvalue weighted by atomic mass is 10.1. The molecule has 0 aliphatic rings. The molecule has 0 amide bonds. The van der Waals surface area contributed by atoms with E-state index in [1.807, 2.05) is 43.3 Å². The molecule has 0 saturated carbocycles. The van der Waals surface area contributed by atoms with Gasteiger partial charge in [-0.3, -0.25) is 0 Å². The second-order valence-corrected chi connectivity index (χ2v) is 5.43. The number of aryl methyl sites for hydroxylation is 1. The van der Waals surface area contributed by atoms with Crippen LogP contribution in [-0.2, 0) is 11.5 Å². The molecule has 0 aliphatic carbocycles. The van der Waals surface area contributed by atoms with Crippen molar-refractivity contribution in [3.05, 3.63) is 59.9 Å². The number of furan rings is 1. The van der Waals surface area contributed by atoms with Crippen molar-refractivity contribution < 1.29 is 8.83 Å². The van der Waals surface area contributed by atoms with Gasteiger partial charge in [0.15, 0.2) is 0 Å². The highest BCUT2D eigenvalue weighted by Crippen LogP contribution is 2.22. The first-order valence-electron chi connectivity index (χ1n) is 6.31. The lowest BCUT2D eigenvalue weighted by Gasteiger charge is -1.96. The fourth-order valence-electron chi connectivity index (χ4n) is 1.84. The van der Waals surface area contributed by atoms with Gasteiger partial charge in [-0.1, -0.05) is 17.7 Å². The van der Waals surface area contributed by atoms with Gasteiger partial charge in [0.2, 0.25) is 11.8 Å². The largest absolute Gasteiger partial charge is 0.468 e. The smallest absolute Gasteiger partial charge is 0.247 e. The predicted molar refractivity (Wildman–Crippen MR) is 78.2 cm³/mol. The number of thioether (sulfide) groups is 1. The Kier molecular flexibility index (Phi) is 3.87. The molecule has 102 valence electrons. The average molecular weight is 286 g/mol. The Morgan fingerprint density at radius 2 is 2.05 bits per heavy atom. The van der Waals surface area contributed by atoms with Gasteiger partial charge >= 0.3 is 0 Å². The molecular formula is C15H14N2O2S. The van der Waals surface area contributed by atoms with E-state index >= 15 is 0 Å². The molecular weight excluding hydrogens is 272 g/mol. The lowest BCUT2D eigenvalue weighted by molar-refractivity contribution is 0.525. The number of aromatic nitrogens is 2. The second-order valence-electron chi connectivity index (χ2n) is 4.44. The zero-order valence-electron chi connectivity index (χ0n) is 11.1. The minimum Gasteiger partial charge on any atom is -0.468 e. The van der Waals surface area contributed by atoms with Gasteiger partial charge in [-0.05, 0) is 31.2 Å². The molecule has 20 heavy (non-hydrogen) atoms. The molecule has 0 N–H and O–H groups in total. The van der Waals surface area contributed by atoms with Crippen molar-refractivity contribution >= 4 is 11.8 Å². The van der Waals surface area contributed by atoms with Crippen LogP contribution in [0.25, 0.3) is 11.5 Å². The highest BCUT2D eigenvalue weighted by molar-refractivity contribution is 7.97. The molecule has 0 saturated heterocycles. The van der Waals surface area contributed by atoms with E-state index in [-0.39, 0.29) is 0 Å². The average Bonchev–Trinajstić information content (AvgIpc) is 3.10. The summed E-state index contributed by atoms with van der Waals surface area (Å²) in [5.41, 5.74) is 2.13. The molecule has 0 fully saturated rings. The fraction of sp³-hybridized carbons (Fsp3) is 0.200. The molecule has 0 spiro atoms. The van der Waals surface area contributed by atoms with Gasteiger partial charge in [0.25, 0.3) is 0 Å². The molecule has 0 atom stereocenters. The zero-order chi connectivity index (χ0) is 13.8. The molecule has 0 bridgehead atoms. The van der Waals surface area contributed by atoms with Gasteiger partial charge in [-0.2, -0.15) is 0 Å². The van der Waals surface area contributed by atoms with Crippen LogP contribution in [0.2, 0.25) is 0 Å². The summed E-state index contributed by atoms with van der Waals surface area (Å²) in [5, 5.41) is 8.16. The van der Waals surface area contributed by atoms with Crippen LogP contribution in [0.1, 0.15) is 17.2 Å². The Morgan fingerprint density at radius 3 is 2.85 bits per heavy atom. The van der Waals surface area contributed by atoms with Gasteiger partial charge in [0.05, 0.1) is 17.8 Å². The summed E-state index contributed by atoms with van der Waals surface area (Å²) in [5.74, 6) is 3.64. The molecule has 1 aromatic carbocycles. The predicted octanol–water partition coefficient (Wildman–Crippen LogP) is 4.07. The number of rotatable bonds is 5. The summed E-state index contributed by atoms with van der Waals surface area (Å²) in [4.78, 5) is 0. The molecule has 0 radical (unpaired) electrons. The highest BCUT2D eigenvalue weighted by Gasteiger charge is 2.09. The summed E-state index contributed by atoms with van der Waals surface area (Å²) < 4.78 is 10.9. The summed E-state index contributed by atoms with van der Waals surface area (Å²) >= 11 is 1.69. The molecule has 3 aromatic rings. The Hall–Kier alpha value is -2.01. The highest BCUT2D eigenvalue weighted by atomic mass is 32.2. The molecule has 0 unspecified atom stereocenters. The van der Waals surface area contributed by atoms with Gasteiger partial charge < -0.3 is 8.83 Å². The maximum atomic E-state index is 5.67. The molecule has 2 aromatic heterocycles. The molecule has 2 heterocycles. The minimum atomic E-state index is 0.572. The first-order chi connectivity index (χ1) is 9.81. The van der Waals surface area contributed by atoms with Crippen LogP contribution in [0.4, 0.5) is 0 Å². The van der Waals surface area contributed by atoms with Gasteiger partial charge in [0.1, 0.15) is 5.76 Å². The topological polar surface area (TPSA) is 52.1 Å². The van der Waals surface area contributed by atoms with Crippen LogP contribution >= 0.6 is 11.8 Å². The van der Waals surface area contributed by atoms with Crippen LogP contribution in [0.3, 0.4) is 0 Å². The van der Waals surface area contributed by atoms with Crippen molar-refractivity contribution in [1.82, 2.24) is 10.2 Å². The maximum Gasteiger partial charge on any atom is 0.247 e. The van der Waals surface area contributed by atoms with E-state index in [0.717, 1.165) is 17.1 Å². The maximum absolute atomic E-state index is 5.67. The number of hydrogen-bond acceptors (Lipinski definition) is 5. The summed E-state index contributed by atoms with van der Waals surface area (Å²) in [7, 11) is 0. The van der Waals surface area contributed by atoms with Gasteiger partial charge in [0, 0.05) is 5.56 Å².